The number of hydrogen-bond acceptors (Lipinski definition) is 4. The summed E-state index contributed by atoms with van der Waals surface area (Å²) < 4.78 is 6.29. The second-order valence-corrected chi connectivity index (χ2v) is 7.65. The van der Waals surface area contributed by atoms with Gasteiger partial charge in [-0.3, -0.25) is 9.63 Å². The average molecular weight is 328 g/mol. The SMILES string of the molecule is CC[C@@H]1N[C@@H]2C[C@]3(C(=O)N(OC)c4ccccc43)[C@@H]3C[C@H]1[C@H]2CO3. The van der Waals surface area contributed by atoms with Gasteiger partial charge >= 0.3 is 0 Å². The molecule has 1 spiro atoms. The molecule has 1 amide bonds. The van der Waals surface area contributed by atoms with Gasteiger partial charge in [-0.25, -0.2) is 0 Å². The maximum atomic E-state index is 13.4. The summed E-state index contributed by atoms with van der Waals surface area (Å²) in [5, 5.41) is 5.29. The molecule has 5 nitrogen and oxygen atoms in total. The van der Waals surface area contributed by atoms with E-state index in [4.69, 9.17) is 9.57 Å². The van der Waals surface area contributed by atoms with Crippen molar-refractivity contribution in [1.29, 1.82) is 0 Å². The molecule has 5 aliphatic rings. The summed E-state index contributed by atoms with van der Waals surface area (Å²) in [5.74, 6) is 1.19. The first-order valence-corrected chi connectivity index (χ1v) is 9.06. The summed E-state index contributed by atoms with van der Waals surface area (Å²) in [6.07, 6.45) is 2.87. The Balaban J connectivity index is 1.66. The summed E-state index contributed by atoms with van der Waals surface area (Å²) in [4.78, 5) is 18.9. The smallest absolute Gasteiger partial charge is 0.264 e. The van der Waals surface area contributed by atoms with E-state index >= 15 is 0 Å². The molecule has 5 heteroatoms. The number of hydroxylamine groups is 1. The number of benzene rings is 1. The lowest BCUT2D eigenvalue weighted by atomic mass is 9.71. The number of anilines is 1. The molecule has 3 saturated heterocycles. The lowest BCUT2D eigenvalue weighted by Gasteiger charge is -2.40. The second-order valence-electron chi connectivity index (χ2n) is 7.65. The molecular formula is C19H24N2O3. The highest BCUT2D eigenvalue weighted by molar-refractivity contribution is 6.07. The predicted molar refractivity (Wildman–Crippen MR) is 89.6 cm³/mol. The molecule has 1 N–H and O–H groups in total. The van der Waals surface area contributed by atoms with Gasteiger partial charge in [0.1, 0.15) is 5.41 Å². The van der Waals surface area contributed by atoms with E-state index in [2.05, 4.69) is 18.3 Å². The number of carbonyl (C=O) groups is 1. The largest absolute Gasteiger partial charge is 0.376 e. The molecule has 1 aromatic carbocycles. The Morgan fingerprint density at radius 2 is 2.21 bits per heavy atom. The second kappa shape index (κ2) is 5.04. The van der Waals surface area contributed by atoms with Crippen LogP contribution in [0.4, 0.5) is 5.69 Å². The summed E-state index contributed by atoms with van der Waals surface area (Å²) in [5.41, 5.74) is 1.35. The van der Waals surface area contributed by atoms with Gasteiger partial charge in [0.2, 0.25) is 0 Å². The third kappa shape index (κ3) is 1.63. The number of carbonyl (C=O) groups excluding carboxylic acids is 1. The maximum absolute atomic E-state index is 13.4. The lowest BCUT2D eigenvalue weighted by Crippen LogP contribution is -2.53. The van der Waals surface area contributed by atoms with Crippen LogP contribution in [0.5, 0.6) is 0 Å². The fourth-order valence-electron chi connectivity index (χ4n) is 5.82. The van der Waals surface area contributed by atoms with Crippen molar-refractivity contribution in [3.05, 3.63) is 29.8 Å². The van der Waals surface area contributed by atoms with Crippen LogP contribution < -0.4 is 10.4 Å². The quantitative estimate of drug-likeness (QED) is 0.902. The van der Waals surface area contributed by atoms with Crippen molar-refractivity contribution in [3.63, 3.8) is 0 Å². The Morgan fingerprint density at radius 3 is 3.00 bits per heavy atom. The predicted octanol–water partition coefficient (Wildman–Crippen LogP) is 2.01. The molecule has 0 radical (unpaired) electrons. The van der Waals surface area contributed by atoms with E-state index < -0.39 is 5.41 Å². The monoisotopic (exact) mass is 328 g/mol. The van der Waals surface area contributed by atoms with Gasteiger partial charge in [-0.1, -0.05) is 25.1 Å². The first-order valence-electron chi connectivity index (χ1n) is 9.06. The van der Waals surface area contributed by atoms with E-state index in [1.54, 1.807) is 7.11 Å². The number of rotatable bonds is 2. The number of amides is 1. The van der Waals surface area contributed by atoms with Crippen molar-refractivity contribution < 1.29 is 14.4 Å². The van der Waals surface area contributed by atoms with Crippen LogP contribution in [0.15, 0.2) is 24.3 Å². The maximum Gasteiger partial charge on any atom is 0.264 e. The molecule has 6 atom stereocenters. The van der Waals surface area contributed by atoms with Crippen molar-refractivity contribution in [3.8, 4) is 0 Å². The fraction of sp³-hybridized carbons (Fsp3) is 0.632. The Morgan fingerprint density at radius 1 is 1.38 bits per heavy atom. The summed E-state index contributed by atoms with van der Waals surface area (Å²) in [7, 11) is 1.57. The minimum atomic E-state index is -0.605. The minimum Gasteiger partial charge on any atom is -0.376 e. The Kier molecular flexibility index (Phi) is 3.12. The van der Waals surface area contributed by atoms with Gasteiger partial charge in [0.05, 0.1) is 25.5 Å². The number of ether oxygens (including phenoxy) is 1. The van der Waals surface area contributed by atoms with E-state index in [0.29, 0.717) is 23.9 Å². The Hall–Kier alpha value is -1.43. The standard InChI is InChI=1S/C19H24N2O3/c1-3-14-11-8-17-19(9-15(20-14)12(11)10-24-17)13-6-4-5-7-16(13)21(23-2)18(19)22/h4-7,11-12,14-15,17,20H,3,8-10H2,1-2H3/t11-,12+,14-,15+,17-,19+/m0/s1. The van der Waals surface area contributed by atoms with E-state index in [0.717, 1.165) is 37.1 Å². The summed E-state index contributed by atoms with van der Waals surface area (Å²) in [6, 6.07) is 8.95. The van der Waals surface area contributed by atoms with Crippen LogP contribution in [0, 0.1) is 11.8 Å². The topological polar surface area (TPSA) is 50.8 Å². The van der Waals surface area contributed by atoms with Crippen molar-refractivity contribution in [2.75, 3.05) is 18.8 Å². The summed E-state index contributed by atoms with van der Waals surface area (Å²) in [6.45, 7) is 3.02. The number of hydrogen-bond donors (Lipinski definition) is 1. The van der Waals surface area contributed by atoms with Crippen molar-refractivity contribution in [1.82, 2.24) is 5.32 Å². The molecule has 1 aliphatic carbocycles. The number of nitrogens with one attached hydrogen (secondary N) is 1. The molecule has 1 saturated carbocycles. The molecule has 0 aromatic heterocycles. The number of nitrogens with zero attached hydrogens (tertiary/aromatic N) is 1. The van der Waals surface area contributed by atoms with Gasteiger partial charge < -0.3 is 10.1 Å². The van der Waals surface area contributed by atoms with Crippen LogP contribution in [-0.2, 0) is 19.8 Å². The molecule has 24 heavy (non-hydrogen) atoms. The molecule has 4 fully saturated rings. The van der Waals surface area contributed by atoms with Gasteiger partial charge in [0.25, 0.3) is 5.91 Å². The van der Waals surface area contributed by atoms with Gasteiger partial charge in [-0.05, 0) is 36.8 Å². The van der Waals surface area contributed by atoms with E-state index in [-0.39, 0.29) is 12.0 Å². The van der Waals surface area contributed by atoms with Crippen LogP contribution in [0.2, 0.25) is 0 Å². The van der Waals surface area contributed by atoms with Gasteiger partial charge in [-0.2, -0.15) is 5.06 Å². The molecule has 1 aromatic rings. The van der Waals surface area contributed by atoms with Crippen molar-refractivity contribution in [2.45, 2.75) is 49.8 Å². The molecule has 128 valence electrons. The average Bonchev–Trinajstić information content (AvgIpc) is 2.96. The zero-order valence-corrected chi connectivity index (χ0v) is 14.2. The van der Waals surface area contributed by atoms with E-state index in [9.17, 15) is 4.79 Å². The van der Waals surface area contributed by atoms with Crippen LogP contribution in [0.1, 0.15) is 31.7 Å². The molecular weight excluding hydrogens is 304 g/mol. The zero-order chi connectivity index (χ0) is 16.5. The molecule has 0 unspecified atom stereocenters. The summed E-state index contributed by atoms with van der Waals surface area (Å²) >= 11 is 0. The van der Waals surface area contributed by atoms with E-state index in [1.165, 1.54) is 5.06 Å². The third-order valence-corrected chi connectivity index (χ3v) is 6.87. The highest BCUT2D eigenvalue weighted by Crippen LogP contribution is 2.56. The fourth-order valence-corrected chi connectivity index (χ4v) is 5.82. The first-order chi connectivity index (χ1) is 11.7. The van der Waals surface area contributed by atoms with Crippen LogP contribution >= 0.6 is 0 Å². The lowest BCUT2D eigenvalue weighted by molar-refractivity contribution is -0.138. The highest BCUT2D eigenvalue weighted by Gasteiger charge is 2.64. The molecule has 4 heterocycles. The highest BCUT2D eigenvalue weighted by atomic mass is 16.7. The van der Waals surface area contributed by atoms with Crippen molar-refractivity contribution >= 4 is 11.6 Å². The van der Waals surface area contributed by atoms with Crippen LogP contribution in [0.25, 0.3) is 0 Å². The number of para-hydroxylation sites is 1. The Bertz CT molecular complexity index is 693. The molecule has 6 rings (SSSR count). The van der Waals surface area contributed by atoms with Crippen molar-refractivity contribution in [2.24, 2.45) is 11.8 Å². The van der Waals surface area contributed by atoms with Gasteiger partial charge in [0, 0.05) is 18.0 Å². The number of fused-ring (bicyclic) bond motifs is 2. The Labute approximate surface area is 142 Å². The zero-order valence-electron chi connectivity index (χ0n) is 14.2. The van der Waals surface area contributed by atoms with Gasteiger partial charge in [0.15, 0.2) is 0 Å². The molecule has 4 bridgehead atoms. The van der Waals surface area contributed by atoms with Gasteiger partial charge in [-0.15, -0.1) is 0 Å². The van der Waals surface area contributed by atoms with E-state index in [1.807, 2.05) is 18.2 Å². The van der Waals surface area contributed by atoms with Crippen LogP contribution in [-0.4, -0.2) is 37.8 Å². The third-order valence-electron chi connectivity index (χ3n) is 6.87. The molecule has 4 aliphatic heterocycles. The minimum absolute atomic E-state index is 0.0410. The normalized spacial score (nSPS) is 42.7. The first kappa shape index (κ1) is 14.9. The van der Waals surface area contributed by atoms with Crippen LogP contribution in [0.3, 0.4) is 0 Å².